The van der Waals surface area contributed by atoms with E-state index in [0.29, 0.717) is 30.1 Å². The third-order valence-electron chi connectivity index (χ3n) is 5.62. The van der Waals surface area contributed by atoms with E-state index in [0.717, 1.165) is 17.4 Å². The zero-order chi connectivity index (χ0) is 27.1. The van der Waals surface area contributed by atoms with Crippen molar-refractivity contribution in [1.29, 1.82) is 0 Å². The molecule has 0 aliphatic rings. The number of amides is 2. The van der Waals surface area contributed by atoms with Crippen LogP contribution in [0.3, 0.4) is 0 Å². The van der Waals surface area contributed by atoms with Gasteiger partial charge in [-0.3, -0.25) is 13.9 Å². The summed E-state index contributed by atoms with van der Waals surface area (Å²) in [5.74, 6) is -0.402. The van der Waals surface area contributed by atoms with Crippen LogP contribution in [0, 0.1) is 6.92 Å². The molecule has 0 unspecified atom stereocenters. The number of carbonyl (C=O) groups is 2. The number of benzene rings is 2. The zero-order valence-corrected chi connectivity index (χ0v) is 23.6. The standard InChI is InChI=1S/C27H38ClN3O4S/c1-7-24(26(33)29-27(3,4)5)30(19-21-12-10-20(2)11-13-21)25(32)9-8-18-31(36(6,34)35)23-16-14-22(28)15-17-23/h10-17,24H,7-9,18-19H2,1-6H3,(H,29,33)/t24-/m1/s1. The SMILES string of the molecule is CC[C@H](C(=O)NC(C)(C)C)N(Cc1ccc(C)cc1)C(=O)CCCN(c1ccc(Cl)cc1)S(C)(=O)=O. The Morgan fingerprint density at radius 1 is 1.03 bits per heavy atom. The number of aryl methyl sites for hydroxylation is 1. The van der Waals surface area contributed by atoms with Crippen LogP contribution < -0.4 is 9.62 Å². The molecule has 0 heterocycles. The highest BCUT2D eigenvalue weighted by Gasteiger charge is 2.30. The van der Waals surface area contributed by atoms with E-state index < -0.39 is 21.6 Å². The maximum absolute atomic E-state index is 13.5. The quantitative estimate of drug-likeness (QED) is 0.442. The predicted molar refractivity (Wildman–Crippen MR) is 147 cm³/mol. The second-order valence-corrected chi connectivity index (χ2v) is 12.4. The van der Waals surface area contributed by atoms with E-state index in [1.165, 1.54) is 4.31 Å². The molecule has 0 bridgehead atoms. The van der Waals surface area contributed by atoms with Gasteiger partial charge in [0.05, 0.1) is 11.9 Å². The summed E-state index contributed by atoms with van der Waals surface area (Å²) in [5, 5.41) is 3.50. The zero-order valence-electron chi connectivity index (χ0n) is 22.0. The van der Waals surface area contributed by atoms with Crippen LogP contribution in [0.5, 0.6) is 0 Å². The van der Waals surface area contributed by atoms with Crippen LogP contribution in [0.4, 0.5) is 5.69 Å². The lowest BCUT2D eigenvalue weighted by Gasteiger charge is -2.33. The van der Waals surface area contributed by atoms with E-state index in [2.05, 4.69) is 5.32 Å². The summed E-state index contributed by atoms with van der Waals surface area (Å²) in [7, 11) is -3.56. The first-order valence-electron chi connectivity index (χ1n) is 12.1. The molecule has 1 N–H and O–H groups in total. The summed E-state index contributed by atoms with van der Waals surface area (Å²) in [5.41, 5.74) is 2.09. The van der Waals surface area contributed by atoms with Gasteiger partial charge in [0, 0.05) is 30.1 Å². The third kappa shape index (κ3) is 9.13. The van der Waals surface area contributed by atoms with Crippen molar-refractivity contribution in [1.82, 2.24) is 10.2 Å². The number of rotatable bonds is 11. The second-order valence-electron chi connectivity index (χ2n) is 10.1. The molecule has 0 aliphatic heterocycles. The normalized spacial score (nSPS) is 12.6. The maximum atomic E-state index is 13.5. The van der Waals surface area contributed by atoms with Crippen LogP contribution in [0.15, 0.2) is 48.5 Å². The molecule has 0 aromatic heterocycles. The molecule has 36 heavy (non-hydrogen) atoms. The first kappa shape index (κ1) is 29.6. The molecule has 7 nitrogen and oxygen atoms in total. The smallest absolute Gasteiger partial charge is 0.243 e. The number of hydrogen-bond acceptors (Lipinski definition) is 4. The van der Waals surface area contributed by atoms with E-state index >= 15 is 0 Å². The Balaban J connectivity index is 2.22. The van der Waals surface area contributed by atoms with Crippen molar-refractivity contribution < 1.29 is 18.0 Å². The van der Waals surface area contributed by atoms with Crippen LogP contribution >= 0.6 is 11.6 Å². The van der Waals surface area contributed by atoms with Gasteiger partial charge in [-0.05, 0) is 70.4 Å². The number of nitrogens with one attached hydrogen (secondary N) is 1. The molecular weight excluding hydrogens is 498 g/mol. The topological polar surface area (TPSA) is 86.8 Å². The van der Waals surface area contributed by atoms with Crippen molar-refractivity contribution in [2.24, 2.45) is 0 Å². The van der Waals surface area contributed by atoms with Crippen molar-refractivity contribution in [3.63, 3.8) is 0 Å². The summed E-state index contributed by atoms with van der Waals surface area (Å²) in [6.07, 6.45) is 2.00. The van der Waals surface area contributed by atoms with E-state index in [1.807, 2.05) is 58.9 Å². The number of nitrogens with zero attached hydrogens (tertiary/aromatic N) is 2. The van der Waals surface area contributed by atoms with E-state index in [1.54, 1.807) is 29.2 Å². The first-order chi connectivity index (χ1) is 16.7. The number of hydrogen-bond donors (Lipinski definition) is 1. The summed E-state index contributed by atoms with van der Waals surface area (Å²) >= 11 is 5.94. The van der Waals surface area contributed by atoms with Crippen molar-refractivity contribution in [3.8, 4) is 0 Å². The number of sulfonamides is 1. The van der Waals surface area contributed by atoms with Gasteiger partial charge in [0.15, 0.2) is 0 Å². The lowest BCUT2D eigenvalue weighted by molar-refractivity contribution is -0.142. The van der Waals surface area contributed by atoms with Crippen LogP contribution in [-0.4, -0.2) is 49.5 Å². The summed E-state index contributed by atoms with van der Waals surface area (Å²) in [6, 6.07) is 13.8. The highest BCUT2D eigenvalue weighted by molar-refractivity contribution is 7.92. The number of halogens is 1. The van der Waals surface area contributed by atoms with Gasteiger partial charge in [0.1, 0.15) is 6.04 Å². The molecule has 0 fully saturated rings. The fourth-order valence-corrected chi connectivity index (χ4v) is 4.97. The average molecular weight is 536 g/mol. The van der Waals surface area contributed by atoms with Gasteiger partial charge in [-0.1, -0.05) is 48.4 Å². The van der Waals surface area contributed by atoms with Gasteiger partial charge in [-0.25, -0.2) is 8.42 Å². The molecule has 0 spiro atoms. The minimum atomic E-state index is -3.56. The molecular formula is C27H38ClN3O4S. The van der Waals surface area contributed by atoms with E-state index in [4.69, 9.17) is 11.6 Å². The Bertz CT molecular complexity index is 1130. The summed E-state index contributed by atoms with van der Waals surface area (Å²) in [6.45, 7) is 10.0. The van der Waals surface area contributed by atoms with Crippen LogP contribution in [-0.2, 0) is 26.2 Å². The fourth-order valence-electron chi connectivity index (χ4n) is 3.87. The first-order valence-corrected chi connectivity index (χ1v) is 14.3. The lowest BCUT2D eigenvalue weighted by atomic mass is 10.0. The van der Waals surface area contributed by atoms with Gasteiger partial charge in [0.25, 0.3) is 0 Å². The maximum Gasteiger partial charge on any atom is 0.243 e. The highest BCUT2D eigenvalue weighted by Crippen LogP contribution is 2.22. The molecule has 0 radical (unpaired) electrons. The second kappa shape index (κ2) is 12.6. The summed E-state index contributed by atoms with van der Waals surface area (Å²) < 4.78 is 26.1. The molecule has 0 aliphatic carbocycles. The monoisotopic (exact) mass is 535 g/mol. The predicted octanol–water partition coefficient (Wildman–Crippen LogP) is 4.92. The Labute approximate surface area is 220 Å². The van der Waals surface area contributed by atoms with Crippen molar-refractivity contribution in [2.45, 2.75) is 72.0 Å². The fraction of sp³-hybridized carbons (Fsp3) is 0.481. The van der Waals surface area contributed by atoms with Crippen molar-refractivity contribution >= 4 is 39.1 Å². The molecule has 1 atom stereocenters. The molecule has 198 valence electrons. The van der Waals surface area contributed by atoms with Gasteiger partial charge >= 0.3 is 0 Å². The van der Waals surface area contributed by atoms with Gasteiger partial charge in [-0.2, -0.15) is 0 Å². The average Bonchev–Trinajstić information content (AvgIpc) is 2.76. The Morgan fingerprint density at radius 2 is 1.61 bits per heavy atom. The van der Waals surface area contributed by atoms with Gasteiger partial charge in [0.2, 0.25) is 21.8 Å². The van der Waals surface area contributed by atoms with Crippen molar-refractivity contribution in [2.75, 3.05) is 17.1 Å². The Morgan fingerprint density at radius 3 is 2.11 bits per heavy atom. The Kier molecular flexibility index (Phi) is 10.4. The van der Waals surface area contributed by atoms with Gasteiger partial charge in [-0.15, -0.1) is 0 Å². The van der Waals surface area contributed by atoms with E-state index in [-0.39, 0.29) is 24.8 Å². The molecule has 2 aromatic carbocycles. The molecule has 2 aromatic rings. The Hall–Kier alpha value is -2.58. The lowest BCUT2D eigenvalue weighted by Crippen LogP contribution is -2.53. The minimum absolute atomic E-state index is 0.102. The van der Waals surface area contributed by atoms with Crippen LogP contribution in [0.1, 0.15) is 58.1 Å². The van der Waals surface area contributed by atoms with Crippen LogP contribution in [0.25, 0.3) is 0 Å². The minimum Gasteiger partial charge on any atom is -0.350 e. The summed E-state index contributed by atoms with van der Waals surface area (Å²) in [4.78, 5) is 28.2. The number of anilines is 1. The largest absolute Gasteiger partial charge is 0.350 e. The molecule has 0 saturated carbocycles. The molecule has 2 rings (SSSR count). The van der Waals surface area contributed by atoms with Crippen LogP contribution in [0.2, 0.25) is 5.02 Å². The molecule has 0 saturated heterocycles. The van der Waals surface area contributed by atoms with Gasteiger partial charge < -0.3 is 10.2 Å². The molecule has 2 amide bonds. The number of carbonyl (C=O) groups excluding carboxylic acids is 2. The van der Waals surface area contributed by atoms with E-state index in [9.17, 15) is 18.0 Å². The highest BCUT2D eigenvalue weighted by atomic mass is 35.5. The third-order valence-corrected chi connectivity index (χ3v) is 7.07. The van der Waals surface area contributed by atoms with Crippen molar-refractivity contribution in [3.05, 3.63) is 64.7 Å². The molecule has 9 heteroatoms.